The highest BCUT2D eigenvalue weighted by molar-refractivity contribution is 6.30. The second-order valence-electron chi connectivity index (χ2n) is 5.43. The van der Waals surface area contributed by atoms with Gasteiger partial charge in [0.25, 0.3) is 0 Å². The van der Waals surface area contributed by atoms with Gasteiger partial charge < -0.3 is 10.0 Å². The molecule has 18 heavy (non-hydrogen) atoms. The van der Waals surface area contributed by atoms with Crippen LogP contribution in [-0.2, 0) is 6.42 Å². The summed E-state index contributed by atoms with van der Waals surface area (Å²) in [6.45, 7) is 2.99. The average Bonchev–Trinajstić information content (AvgIpc) is 2.29. The molecule has 100 valence electrons. The van der Waals surface area contributed by atoms with Crippen LogP contribution in [0.15, 0.2) is 18.2 Å². The molecule has 0 aliphatic carbocycles. The van der Waals surface area contributed by atoms with E-state index in [0.717, 1.165) is 24.9 Å². The molecule has 0 amide bonds. The molecule has 1 aromatic rings. The lowest BCUT2D eigenvalue weighted by atomic mass is 9.82. The van der Waals surface area contributed by atoms with Gasteiger partial charge in [-0.1, -0.05) is 17.7 Å². The van der Waals surface area contributed by atoms with Crippen LogP contribution in [0.5, 0.6) is 0 Å². The summed E-state index contributed by atoms with van der Waals surface area (Å²) < 4.78 is 13.1. The average molecular weight is 272 g/mol. The molecule has 0 radical (unpaired) electrons. The molecule has 1 N–H and O–H groups in total. The zero-order valence-corrected chi connectivity index (χ0v) is 11.5. The van der Waals surface area contributed by atoms with Crippen molar-refractivity contribution in [2.24, 2.45) is 0 Å². The standard InChI is InChI=1S/C14H19ClFNO/c1-10-8-14(18,5-6-17(10)2)9-11-3-4-13(16)12(15)7-11/h3-4,7,10,18H,5-6,8-9H2,1-2H3. The molecule has 1 aliphatic rings. The smallest absolute Gasteiger partial charge is 0.141 e. The van der Waals surface area contributed by atoms with Crippen LogP contribution < -0.4 is 0 Å². The van der Waals surface area contributed by atoms with Gasteiger partial charge >= 0.3 is 0 Å². The van der Waals surface area contributed by atoms with Gasteiger partial charge in [-0.2, -0.15) is 0 Å². The maximum absolute atomic E-state index is 13.1. The Bertz CT molecular complexity index is 440. The normalized spacial score (nSPS) is 29.5. The van der Waals surface area contributed by atoms with Gasteiger partial charge in [-0.3, -0.25) is 0 Å². The summed E-state index contributed by atoms with van der Waals surface area (Å²) >= 11 is 5.76. The molecule has 4 heteroatoms. The van der Waals surface area contributed by atoms with Crippen LogP contribution in [0, 0.1) is 5.82 Å². The number of hydrogen-bond donors (Lipinski definition) is 1. The minimum absolute atomic E-state index is 0.122. The Morgan fingerprint density at radius 3 is 2.89 bits per heavy atom. The minimum Gasteiger partial charge on any atom is -0.389 e. The van der Waals surface area contributed by atoms with Crippen LogP contribution in [-0.4, -0.2) is 35.2 Å². The maximum Gasteiger partial charge on any atom is 0.141 e. The van der Waals surface area contributed by atoms with Gasteiger partial charge in [-0.05, 0) is 44.5 Å². The van der Waals surface area contributed by atoms with Crippen LogP contribution in [0.25, 0.3) is 0 Å². The van der Waals surface area contributed by atoms with E-state index in [-0.39, 0.29) is 5.02 Å². The Kier molecular flexibility index (Phi) is 3.95. The first-order valence-electron chi connectivity index (χ1n) is 6.26. The molecule has 1 fully saturated rings. The van der Waals surface area contributed by atoms with E-state index in [2.05, 4.69) is 18.9 Å². The lowest BCUT2D eigenvalue weighted by Crippen LogP contribution is -2.48. The van der Waals surface area contributed by atoms with E-state index < -0.39 is 11.4 Å². The molecule has 1 heterocycles. The quantitative estimate of drug-likeness (QED) is 0.894. The molecule has 1 saturated heterocycles. The van der Waals surface area contributed by atoms with Crippen molar-refractivity contribution in [2.45, 2.75) is 37.8 Å². The van der Waals surface area contributed by atoms with Crippen LogP contribution in [0.4, 0.5) is 4.39 Å². The van der Waals surface area contributed by atoms with E-state index in [4.69, 9.17) is 11.6 Å². The summed E-state index contributed by atoms with van der Waals surface area (Å²) in [5, 5.41) is 10.7. The summed E-state index contributed by atoms with van der Waals surface area (Å²) in [4.78, 5) is 2.24. The van der Waals surface area contributed by atoms with E-state index in [1.54, 1.807) is 12.1 Å². The molecule has 0 saturated carbocycles. The number of hydrogen-bond acceptors (Lipinski definition) is 2. The molecule has 0 aromatic heterocycles. The largest absolute Gasteiger partial charge is 0.389 e. The second-order valence-corrected chi connectivity index (χ2v) is 5.84. The maximum atomic E-state index is 13.1. The predicted molar refractivity (Wildman–Crippen MR) is 71.4 cm³/mol. The lowest BCUT2D eigenvalue weighted by molar-refractivity contribution is -0.0353. The highest BCUT2D eigenvalue weighted by Crippen LogP contribution is 2.30. The zero-order valence-electron chi connectivity index (χ0n) is 10.8. The molecule has 2 atom stereocenters. The van der Waals surface area contributed by atoms with Gasteiger partial charge in [0.1, 0.15) is 5.82 Å². The Balaban J connectivity index is 2.10. The first-order chi connectivity index (χ1) is 8.39. The van der Waals surface area contributed by atoms with Crippen molar-refractivity contribution in [3.05, 3.63) is 34.6 Å². The van der Waals surface area contributed by atoms with Crippen LogP contribution >= 0.6 is 11.6 Å². The molecular weight excluding hydrogens is 253 g/mol. The first-order valence-corrected chi connectivity index (χ1v) is 6.64. The van der Waals surface area contributed by atoms with Crippen LogP contribution in [0.3, 0.4) is 0 Å². The third-order valence-electron chi connectivity index (χ3n) is 3.87. The Hall–Kier alpha value is -0.640. The fourth-order valence-corrected chi connectivity index (χ4v) is 2.81. The highest BCUT2D eigenvalue weighted by atomic mass is 35.5. The topological polar surface area (TPSA) is 23.5 Å². The van der Waals surface area contributed by atoms with Crippen molar-refractivity contribution >= 4 is 11.6 Å². The van der Waals surface area contributed by atoms with Gasteiger partial charge in [-0.25, -0.2) is 4.39 Å². The molecular formula is C14H19ClFNO. The molecule has 1 aliphatic heterocycles. The van der Waals surface area contributed by atoms with Crippen molar-refractivity contribution in [2.75, 3.05) is 13.6 Å². The van der Waals surface area contributed by atoms with Gasteiger partial charge in [0.05, 0.1) is 10.6 Å². The predicted octanol–water partition coefficient (Wildman–Crippen LogP) is 2.87. The Morgan fingerprint density at radius 1 is 1.56 bits per heavy atom. The number of nitrogens with zero attached hydrogens (tertiary/aromatic N) is 1. The number of benzene rings is 1. The fourth-order valence-electron chi connectivity index (χ4n) is 2.60. The summed E-state index contributed by atoms with van der Waals surface area (Å²) in [7, 11) is 2.07. The van der Waals surface area contributed by atoms with Gasteiger partial charge in [0.2, 0.25) is 0 Å². The lowest BCUT2D eigenvalue weighted by Gasteiger charge is -2.41. The monoisotopic (exact) mass is 271 g/mol. The van der Waals surface area contributed by atoms with E-state index in [1.165, 1.54) is 6.07 Å². The van der Waals surface area contributed by atoms with Gasteiger partial charge in [0.15, 0.2) is 0 Å². The Labute approximate surface area is 112 Å². The highest BCUT2D eigenvalue weighted by Gasteiger charge is 2.35. The number of halogens is 2. The Morgan fingerprint density at radius 2 is 2.28 bits per heavy atom. The molecule has 2 rings (SSSR count). The summed E-state index contributed by atoms with van der Waals surface area (Å²) in [6, 6.07) is 5.03. The van der Waals surface area contributed by atoms with Gasteiger partial charge in [-0.15, -0.1) is 0 Å². The third kappa shape index (κ3) is 3.02. The van der Waals surface area contributed by atoms with Crippen molar-refractivity contribution in [1.29, 1.82) is 0 Å². The molecule has 0 bridgehead atoms. The fraction of sp³-hybridized carbons (Fsp3) is 0.571. The minimum atomic E-state index is -0.701. The zero-order chi connectivity index (χ0) is 13.3. The van der Waals surface area contributed by atoms with Crippen molar-refractivity contribution in [1.82, 2.24) is 4.90 Å². The van der Waals surface area contributed by atoms with Crippen molar-refractivity contribution in [3.63, 3.8) is 0 Å². The van der Waals surface area contributed by atoms with E-state index in [9.17, 15) is 9.50 Å². The summed E-state index contributed by atoms with van der Waals surface area (Å²) in [5.74, 6) is -0.413. The van der Waals surface area contributed by atoms with E-state index in [0.29, 0.717) is 12.5 Å². The molecule has 1 aromatic carbocycles. The second kappa shape index (κ2) is 5.16. The van der Waals surface area contributed by atoms with Crippen LogP contribution in [0.2, 0.25) is 5.02 Å². The first kappa shape index (κ1) is 13.8. The number of rotatable bonds is 2. The number of piperidine rings is 1. The third-order valence-corrected chi connectivity index (χ3v) is 4.16. The van der Waals surface area contributed by atoms with E-state index >= 15 is 0 Å². The van der Waals surface area contributed by atoms with Crippen molar-refractivity contribution < 1.29 is 9.50 Å². The number of aliphatic hydroxyl groups is 1. The van der Waals surface area contributed by atoms with E-state index in [1.807, 2.05) is 0 Å². The van der Waals surface area contributed by atoms with Crippen molar-refractivity contribution in [3.8, 4) is 0 Å². The summed E-state index contributed by atoms with van der Waals surface area (Å²) in [6.07, 6.45) is 2.01. The van der Waals surface area contributed by atoms with Gasteiger partial charge in [0, 0.05) is 19.0 Å². The molecule has 2 nitrogen and oxygen atoms in total. The molecule has 0 spiro atoms. The number of likely N-dealkylation sites (tertiary alicyclic amines) is 1. The molecule has 2 unspecified atom stereocenters. The SMILES string of the molecule is CC1CC(O)(Cc2ccc(F)c(Cl)c2)CCN1C. The van der Waals surface area contributed by atoms with Crippen LogP contribution in [0.1, 0.15) is 25.3 Å². The summed E-state index contributed by atoms with van der Waals surface area (Å²) in [5.41, 5.74) is 0.188.